The summed E-state index contributed by atoms with van der Waals surface area (Å²) < 4.78 is 24.4. The van der Waals surface area contributed by atoms with Gasteiger partial charge >= 0.3 is 0 Å². The lowest BCUT2D eigenvalue weighted by molar-refractivity contribution is -0.133. The van der Waals surface area contributed by atoms with Crippen LogP contribution >= 0.6 is 23.2 Å². The number of amides is 2. The fraction of sp³-hybridized carbons (Fsp3) is 0.273. The second-order valence-corrected chi connectivity index (χ2v) is 8.13. The molecule has 0 saturated carbocycles. The van der Waals surface area contributed by atoms with E-state index in [4.69, 9.17) is 32.7 Å². The molecule has 0 fully saturated rings. The van der Waals surface area contributed by atoms with Crippen LogP contribution in [-0.2, 0) is 16.0 Å². The predicted octanol–water partition coefficient (Wildman–Crippen LogP) is 4.04. The summed E-state index contributed by atoms with van der Waals surface area (Å²) in [6.45, 7) is 5.47. The molecule has 1 heterocycles. The van der Waals surface area contributed by atoms with Crippen molar-refractivity contribution in [3.05, 3.63) is 70.1 Å². The number of ether oxygens (including phenoxy) is 2. The molecule has 31 heavy (non-hydrogen) atoms. The lowest BCUT2D eigenvalue weighted by Crippen LogP contribution is -2.47. The first-order chi connectivity index (χ1) is 14.7. The van der Waals surface area contributed by atoms with Crippen molar-refractivity contribution in [2.24, 2.45) is 0 Å². The summed E-state index contributed by atoms with van der Waals surface area (Å²) in [4.78, 5) is 24.5. The van der Waals surface area contributed by atoms with Crippen molar-refractivity contribution in [3.63, 3.8) is 0 Å². The third-order valence-electron chi connectivity index (χ3n) is 4.67. The lowest BCUT2D eigenvalue weighted by atomic mass is 9.98. The van der Waals surface area contributed by atoms with Crippen molar-refractivity contribution in [1.29, 1.82) is 0 Å². The Balaban J connectivity index is 1.39. The van der Waals surface area contributed by atoms with E-state index < -0.39 is 17.3 Å². The van der Waals surface area contributed by atoms with Crippen LogP contribution in [0.1, 0.15) is 18.9 Å². The zero-order valence-corrected chi connectivity index (χ0v) is 18.3. The largest absolute Gasteiger partial charge is 0.484 e. The third-order valence-corrected chi connectivity index (χ3v) is 5.21. The second-order valence-electron chi connectivity index (χ2n) is 7.28. The molecule has 1 aliphatic rings. The summed E-state index contributed by atoms with van der Waals surface area (Å²) in [6, 6.07) is 9.14. The first-order valence-corrected chi connectivity index (χ1v) is 10.2. The van der Waals surface area contributed by atoms with E-state index in [2.05, 4.69) is 17.2 Å². The number of nitrogens with one attached hydrogen (secondary N) is 2. The number of rotatable bonds is 8. The first-order valence-electron chi connectivity index (χ1n) is 9.47. The minimum atomic E-state index is -1.07. The predicted molar refractivity (Wildman–Crippen MR) is 116 cm³/mol. The Bertz CT molecular complexity index is 1030. The molecule has 164 valence electrons. The van der Waals surface area contributed by atoms with Gasteiger partial charge in [0.05, 0.1) is 5.02 Å². The summed E-state index contributed by atoms with van der Waals surface area (Å²) in [6.07, 6.45) is 0.712. The van der Waals surface area contributed by atoms with Crippen molar-refractivity contribution < 1.29 is 23.5 Å². The van der Waals surface area contributed by atoms with E-state index >= 15 is 0 Å². The van der Waals surface area contributed by atoms with Crippen molar-refractivity contribution in [2.75, 3.05) is 13.2 Å². The molecule has 0 radical (unpaired) electrons. The molecule has 0 saturated heterocycles. The molecule has 0 unspecified atom stereocenters. The molecule has 1 atom stereocenters. The first kappa shape index (κ1) is 22.9. The Morgan fingerprint density at radius 1 is 1.26 bits per heavy atom. The van der Waals surface area contributed by atoms with Gasteiger partial charge in [0.25, 0.3) is 11.8 Å². The average molecular weight is 467 g/mol. The fourth-order valence-corrected chi connectivity index (χ4v) is 3.34. The quantitative estimate of drug-likeness (QED) is 0.615. The van der Waals surface area contributed by atoms with Crippen LogP contribution in [-0.4, -0.2) is 30.6 Å². The second kappa shape index (κ2) is 9.58. The number of hydrogen-bond donors (Lipinski definition) is 2. The number of carbonyl (C=O) groups excluding carboxylic acids is 2. The maximum absolute atomic E-state index is 13.4. The smallest absolute Gasteiger partial charge is 0.268 e. The number of halogens is 3. The molecule has 2 aromatic rings. The van der Waals surface area contributed by atoms with E-state index in [1.165, 1.54) is 12.1 Å². The number of fused-ring (bicyclic) bond motifs is 1. The molecule has 0 bridgehead atoms. The van der Waals surface area contributed by atoms with E-state index in [0.29, 0.717) is 29.3 Å². The van der Waals surface area contributed by atoms with Crippen molar-refractivity contribution in [2.45, 2.75) is 25.4 Å². The van der Waals surface area contributed by atoms with Crippen LogP contribution < -0.4 is 20.1 Å². The van der Waals surface area contributed by atoms with E-state index in [0.717, 1.165) is 11.6 Å². The lowest BCUT2D eigenvalue weighted by Gasteiger charge is -2.23. The van der Waals surface area contributed by atoms with Gasteiger partial charge in [-0.15, -0.1) is 0 Å². The van der Waals surface area contributed by atoms with Crippen molar-refractivity contribution in [1.82, 2.24) is 10.6 Å². The molecule has 0 aliphatic carbocycles. The summed E-state index contributed by atoms with van der Waals surface area (Å²) in [7, 11) is 0. The van der Waals surface area contributed by atoms with Gasteiger partial charge in [0.1, 0.15) is 17.3 Å². The number of benzene rings is 2. The van der Waals surface area contributed by atoms with Gasteiger partial charge in [-0.1, -0.05) is 29.8 Å². The zero-order valence-electron chi connectivity index (χ0n) is 16.8. The molecule has 3 rings (SSSR count). The average Bonchev–Trinajstić information content (AvgIpc) is 3.05. The van der Waals surface area contributed by atoms with Gasteiger partial charge in [-0.25, -0.2) is 4.39 Å². The molecule has 0 aromatic heterocycles. The van der Waals surface area contributed by atoms with E-state index in [9.17, 15) is 14.0 Å². The van der Waals surface area contributed by atoms with E-state index in [1.54, 1.807) is 25.1 Å². The SMILES string of the molecule is C=C(CCNC(=O)COc1ccc(Cl)c(F)c1)NC(=O)[C@@]1(C)Cc2cc(Cl)ccc2O1. The molecule has 6 nitrogen and oxygen atoms in total. The molecule has 9 heteroatoms. The van der Waals surface area contributed by atoms with Gasteiger partial charge in [-0.3, -0.25) is 9.59 Å². The molecular weight excluding hydrogens is 446 g/mol. The number of hydrogen-bond acceptors (Lipinski definition) is 4. The number of carbonyl (C=O) groups is 2. The highest BCUT2D eigenvalue weighted by Crippen LogP contribution is 2.36. The Morgan fingerprint density at radius 2 is 2.03 bits per heavy atom. The van der Waals surface area contributed by atoms with Gasteiger partial charge < -0.3 is 20.1 Å². The molecular formula is C22H21Cl2FN2O4. The summed E-state index contributed by atoms with van der Waals surface area (Å²) in [5, 5.41) is 5.92. The third kappa shape index (κ3) is 5.89. The minimum absolute atomic E-state index is 0.0260. The van der Waals surface area contributed by atoms with Crippen LogP contribution in [0.3, 0.4) is 0 Å². The fourth-order valence-electron chi connectivity index (χ4n) is 3.03. The Kier molecular flexibility index (Phi) is 7.08. The van der Waals surface area contributed by atoms with Crippen LogP contribution in [0.4, 0.5) is 4.39 Å². The summed E-state index contributed by atoms with van der Waals surface area (Å²) in [5.41, 5.74) is 0.231. The maximum atomic E-state index is 13.4. The molecule has 2 N–H and O–H groups in total. The highest BCUT2D eigenvalue weighted by Gasteiger charge is 2.42. The normalized spacial score (nSPS) is 16.8. The zero-order chi connectivity index (χ0) is 22.6. The van der Waals surface area contributed by atoms with Gasteiger partial charge in [-0.2, -0.15) is 0 Å². The van der Waals surface area contributed by atoms with Crippen LogP contribution in [0, 0.1) is 5.82 Å². The van der Waals surface area contributed by atoms with Crippen molar-refractivity contribution >= 4 is 35.0 Å². The van der Waals surface area contributed by atoms with Gasteiger partial charge in [-0.05, 0) is 37.3 Å². The maximum Gasteiger partial charge on any atom is 0.268 e. The van der Waals surface area contributed by atoms with Gasteiger partial charge in [0.15, 0.2) is 12.2 Å². The molecule has 1 aliphatic heterocycles. The molecule has 2 amide bonds. The van der Waals surface area contributed by atoms with Crippen LogP contribution in [0.15, 0.2) is 48.7 Å². The van der Waals surface area contributed by atoms with Gasteiger partial charge in [0.2, 0.25) is 0 Å². The Morgan fingerprint density at radius 3 is 2.77 bits per heavy atom. The van der Waals surface area contributed by atoms with Crippen LogP contribution in [0.5, 0.6) is 11.5 Å². The molecule has 2 aromatic carbocycles. The summed E-state index contributed by atoms with van der Waals surface area (Å²) >= 11 is 11.6. The molecule has 0 spiro atoms. The minimum Gasteiger partial charge on any atom is -0.484 e. The Hall–Kier alpha value is -2.77. The topological polar surface area (TPSA) is 76.7 Å². The Labute approximate surface area is 189 Å². The highest BCUT2D eigenvalue weighted by atomic mass is 35.5. The van der Waals surface area contributed by atoms with E-state index in [-0.39, 0.29) is 29.8 Å². The monoisotopic (exact) mass is 466 g/mol. The highest BCUT2D eigenvalue weighted by molar-refractivity contribution is 6.31. The van der Waals surface area contributed by atoms with Crippen molar-refractivity contribution in [3.8, 4) is 11.5 Å². The van der Waals surface area contributed by atoms with Crippen LogP contribution in [0.25, 0.3) is 0 Å². The van der Waals surface area contributed by atoms with Gasteiger partial charge in [0, 0.05) is 41.7 Å². The van der Waals surface area contributed by atoms with Crippen LogP contribution in [0.2, 0.25) is 10.0 Å². The van der Waals surface area contributed by atoms with E-state index in [1.807, 2.05) is 0 Å². The summed E-state index contributed by atoms with van der Waals surface area (Å²) in [5.74, 6) is -0.531. The standard InChI is InChI=1S/C22H21Cl2FN2O4/c1-13(7-8-26-20(28)12-30-16-4-5-17(24)18(25)10-16)27-21(29)22(2)11-14-9-15(23)3-6-19(14)31-22/h3-6,9-10H,1,7-8,11-12H2,2H3,(H,26,28)(H,27,29)/t22-/m1/s1.